The highest BCUT2D eigenvalue weighted by molar-refractivity contribution is 5.93. The zero-order chi connectivity index (χ0) is 14.7. The van der Waals surface area contributed by atoms with E-state index in [1.54, 1.807) is 22.0 Å². The first-order valence-corrected chi connectivity index (χ1v) is 6.90. The van der Waals surface area contributed by atoms with Crippen LogP contribution in [0.5, 0.6) is 0 Å². The number of ether oxygens (including phenoxy) is 1. The van der Waals surface area contributed by atoms with E-state index >= 15 is 0 Å². The zero-order valence-electron chi connectivity index (χ0n) is 11.6. The van der Waals surface area contributed by atoms with Gasteiger partial charge in [-0.1, -0.05) is 18.2 Å². The molecule has 110 valence electrons. The zero-order valence-corrected chi connectivity index (χ0v) is 11.6. The Morgan fingerprint density at radius 2 is 2.19 bits per heavy atom. The number of morpholine rings is 1. The molecule has 1 aliphatic rings. The molecule has 0 radical (unpaired) electrons. The lowest BCUT2D eigenvalue weighted by Gasteiger charge is -2.31. The highest BCUT2D eigenvalue weighted by Gasteiger charge is 2.25. The number of carbonyl (C=O) groups excluding carboxylic acids is 1. The second-order valence-corrected chi connectivity index (χ2v) is 4.94. The van der Waals surface area contributed by atoms with Crippen LogP contribution in [0.15, 0.2) is 42.7 Å². The molecule has 0 spiro atoms. The van der Waals surface area contributed by atoms with Gasteiger partial charge < -0.3 is 14.7 Å². The van der Waals surface area contributed by atoms with Crippen molar-refractivity contribution in [1.29, 1.82) is 0 Å². The Bertz CT molecular complexity index is 612. The van der Waals surface area contributed by atoms with E-state index in [4.69, 9.17) is 9.84 Å². The number of amides is 1. The topological polar surface area (TPSA) is 67.6 Å². The third-order valence-electron chi connectivity index (χ3n) is 3.48. The second kappa shape index (κ2) is 6.07. The Hall–Kier alpha value is -2.18. The fraction of sp³-hybridized carbons (Fsp3) is 0.333. The van der Waals surface area contributed by atoms with Crippen LogP contribution >= 0.6 is 0 Å². The first-order valence-electron chi connectivity index (χ1n) is 6.90. The molecule has 1 aliphatic heterocycles. The molecule has 1 aromatic heterocycles. The summed E-state index contributed by atoms with van der Waals surface area (Å²) in [5, 5.41) is 13.4. The average Bonchev–Trinajstić information content (AvgIpc) is 3.05. The van der Waals surface area contributed by atoms with Gasteiger partial charge in [0.05, 0.1) is 36.8 Å². The first-order chi connectivity index (χ1) is 10.3. The molecular formula is C15H17N3O3. The third-order valence-corrected chi connectivity index (χ3v) is 3.48. The number of hydrogen-bond acceptors (Lipinski definition) is 4. The van der Waals surface area contributed by atoms with Crippen molar-refractivity contribution >= 4 is 5.91 Å². The molecule has 1 atom stereocenters. The molecule has 2 aromatic rings. The summed E-state index contributed by atoms with van der Waals surface area (Å²) in [7, 11) is 0. The van der Waals surface area contributed by atoms with Crippen LogP contribution in [0.2, 0.25) is 0 Å². The molecule has 21 heavy (non-hydrogen) atoms. The van der Waals surface area contributed by atoms with Crippen molar-refractivity contribution in [2.75, 3.05) is 26.3 Å². The lowest BCUT2D eigenvalue weighted by atomic mass is 10.2. The molecule has 0 aliphatic carbocycles. The predicted octanol–water partition coefficient (Wildman–Crippen LogP) is 0.706. The number of aliphatic hydroxyl groups excluding tert-OH is 1. The van der Waals surface area contributed by atoms with Crippen LogP contribution in [0.25, 0.3) is 5.69 Å². The third kappa shape index (κ3) is 2.96. The Kier molecular flexibility index (Phi) is 3.98. The van der Waals surface area contributed by atoms with Crippen molar-refractivity contribution in [3.8, 4) is 5.69 Å². The van der Waals surface area contributed by atoms with Crippen molar-refractivity contribution in [2.24, 2.45) is 0 Å². The molecule has 2 heterocycles. The van der Waals surface area contributed by atoms with Gasteiger partial charge in [0.2, 0.25) is 0 Å². The number of rotatable bonds is 3. The molecule has 6 heteroatoms. The SMILES string of the molecule is O=C(c1cnn(-c2ccccc2)c1)N1CCOC(CO)C1. The summed E-state index contributed by atoms with van der Waals surface area (Å²) in [6.07, 6.45) is 2.99. The summed E-state index contributed by atoms with van der Waals surface area (Å²) >= 11 is 0. The van der Waals surface area contributed by atoms with Crippen molar-refractivity contribution in [3.05, 3.63) is 48.3 Å². The van der Waals surface area contributed by atoms with Crippen LogP contribution < -0.4 is 0 Å². The van der Waals surface area contributed by atoms with E-state index in [1.807, 2.05) is 30.3 Å². The Balaban J connectivity index is 1.75. The van der Waals surface area contributed by atoms with Gasteiger partial charge in [-0.2, -0.15) is 5.10 Å². The Labute approximate surface area is 122 Å². The maximum Gasteiger partial charge on any atom is 0.257 e. The lowest BCUT2D eigenvalue weighted by Crippen LogP contribution is -2.46. The maximum atomic E-state index is 12.4. The van der Waals surface area contributed by atoms with E-state index in [2.05, 4.69) is 5.10 Å². The minimum Gasteiger partial charge on any atom is -0.394 e. The fourth-order valence-electron chi connectivity index (χ4n) is 2.35. The van der Waals surface area contributed by atoms with Crippen LogP contribution in [0.1, 0.15) is 10.4 Å². The van der Waals surface area contributed by atoms with Gasteiger partial charge in [0.1, 0.15) is 0 Å². The second-order valence-electron chi connectivity index (χ2n) is 4.94. The normalized spacial score (nSPS) is 18.7. The number of nitrogens with zero attached hydrogens (tertiary/aromatic N) is 3. The van der Waals surface area contributed by atoms with Crippen molar-refractivity contribution in [1.82, 2.24) is 14.7 Å². The molecule has 0 saturated carbocycles. The number of para-hydroxylation sites is 1. The number of aromatic nitrogens is 2. The van der Waals surface area contributed by atoms with Gasteiger partial charge in [-0.15, -0.1) is 0 Å². The smallest absolute Gasteiger partial charge is 0.257 e. The van der Waals surface area contributed by atoms with E-state index in [0.717, 1.165) is 5.69 Å². The molecule has 6 nitrogen and oxygen atoms in total. The summed E-state index contributed by atoms with van der Waals surface area (Å²) in [4.78, 5) is 14.1. The fourth-order valence-corrected chi connectivity index (χ4v) is 2.35. The quantitative estimate of drug-likeness (QED) is 0.902. The van der Waals surface area contributed by atoms with Gasteiger partial charge >= 0.3 is 0 Å². The highest BCUT2D eigenvalue weighted by atomic mass is 16.5. The first kappa shape index (κ1) is 13.8. The summed E-state index contributed by atoms with van der Waals surface area (Å²) in [6.45, 7) is 1.31. The number of hydrogen-bond donors (Lipinski definition) is 1. The summed E-state index contributed by atoms with van der Waals surface area (Å²) < 4.78 is 7.03. The van der Waals surface area contributed by atoms with Crippen LogP contribution in [-0.2, 0) is 4.74 Å². The summed E-state index contributed by atoms with van der Waals surface area (Å²) in [6, 6.07) is 9.63. The van der Waals surface area contributed by atoms with Crippen LogP contribution in [-0.4, -0.2) is 58.1 Å². The van der Waals surface area contributed by atoms with Crippen molar-refractivity contribution in [3.63, 3.8) is 0 Å². The van der Waals surface area contributed by atoms with E-state index in [1.165, 1.54) is 0 Å². The molecule has 1 unspecified atom stereocenters. The van der Waals surface area contributed by atoms with Gasteiger partial charge in [-0.05, 0) is 12.1 Å². The van der Waals surface area contributed by atoms with Gasteiger partial charge in [-0.3, -0.25) is 4.79 Å². The predicted molar refractivity (Wildman–Crippen MR) is 76.3 cm³/mol. The van der Waals surface area contributed by atoms with Gasteiger partial charge in [0.25, 0.3) is 5.91 Å². The number of carbonyl (C=O) groups is 1. The molecule has 3 rings (SSSR count). The molecule has 1 amide bonds. The largest absolute Gasteiger partial charge is 0.394 e. The molecule has 0 bridgehead atoms. The monoisotopic (exact) mass is 287 g/mol. The van der Waals surface area contributed by atoms with Gasteiger partial charge in [0.15, 0.2) is 0 Å². The number of aliphatic hydroxyl groups is 1. The van der Waals surface area contributed by atoms with Gasteiger partial charge in [0, 0.05) is 19.3 Å². The molecule has 1 fully saturated rings. The Morgan fingerprint density at radius 1 is 1.38 bits per heavy atom. The van der Waals surface area contributed by atoms with Crippen LogP contribution in [0.3, 0.4) is 0 Å². The minimum absolute atomic E-state index is 0.0763. The van der Waals surface area contributed by atoms with E-state index in [0.29, 0.717) is 25.3 Å². The van der Waals surface area contributed by atoms with E-state index in [-0.39, 0.29) is 18.6 Å². The lowest BCUT2D eigenvalue weighted by molar-refractivity contribution is -0.0447. The van der Waals surface area contributed by atoms with E-state index in [9.17, 15) is 4.79 Å². The summed E-state index contributed by atoms with van der Waals surface area (Å²) in [5.41, 5.74) is 1.45. The summed E-state index contributed by atoms with van der Waals surface area (Å²) in [5.74, 6) is -0.0843. The standard InChI is InChI=1S/C15H17N3O3/c19-11-14-10-17(6-7-21-14)15(20)12-8-16-18(9-12)13-4-2-1-3-5-13/h1-5,8-9,14,19H,6-7,10-11H2. The van der Waals surface area contributed by atoms with Crippen molar-refractivity contribution < 1.29 is 14.6 Å². The Morgan fingerprint density at radius 3 is 2.95 bits per heavy atom. The van der Waals surface area contributed by atoms with Gasteiger partial charge in [-0.25, -0.2) is 4.68 Å². The number of benzene rings is 1. The van der Waals surface area contributed by atoms with Crippen molar-refractivity contribution in [2.45, 2.75) is 6.10 Å². The minimum atomic E-state index is -0.299. The molecule has 1 N–H and O–H groups in total. The van der Waals surface area contributed by atoms with Crippen LogP contribution in [0, 0.1) is 0 Å². The van der Waals surface area contributed by atoms with E-state index < -0.39 is 0 Å². The maximum absolute atomic E-state index is 12.4. The molecule has 1 aromatic carbocycles. The van der Waals surface area contributed by atoms with Crippen LogP contribution in [0.4, 0.5) is 0 Å². The average molecular weight is 287 g/mol. The highest BCUT2D eigenvalue weighted by Crippen LogP contribution is 2.12. The molecule has 1 saturated heterocycles. The molecular weight excluding hydrogens is 270 g/mol.